The molecule has 7 heteroatoms. The maximum absolute atomic E-state index is 11.9. The number of halogens is 1. The Balaban J connectivity index is 1.91. The summed E-state index contributed by atoms with van der Waals surface area (Å²) in [6.07, 6.45) is 0. The van der Waals surface area contributed by atoms with Crippen LogP contribution in [0.3, 0.4) is 0 Å². The van der Waals surface area contributed by atoms with Crippen molar-refractivity contribution in [2.24, 2.45) is 0 Å². The molecular formula is C14H15BrN4O2. The van der Waals surface area contributed by atoms with E-state index in [1.807, 2.05) is 13.0 Å². The van der Waals surface area contributed by atoms with Gasteiger partial charge in [0.05, 0.1) is 23.6 Å². The highest BCUT2D eigenvalue weighted by atomic mass is 79.9. The average Bonchev–Trinajstić information content (AvgIpc) is 2.76. The Morgan fingerprint density at radius 3 is 2.71 bits per heavy atom. The summed E-state index contributed by atoms with van der Waals surface area (Å²) in [6, 6.07) is 6.96. The van der Waals surface area contributed by atoms with Crippen LogP contribution in [0.1, 0.15) is 21.7 Å². The zero-order chi connectivity index (χ0) is 15.4. The van der Waals surface area contributed by atoms with Gasteiger partial charge in [0.1, 0.15) is 0 Å². The molecule has 0 aliphatic carbocycles. The number of H-pyrrole nitrogens is 1. The summed E-state index contributed by atoms with van der Waals surface area (Å²) in [7, 11) is 0. The van der Waals surface area contributed by atoms with E-state index in [0.29, 0.717) is 16.9 Å². The van der Waals surface area contributed by atoms with E-state index < -0.39 is 0 Å². The maximum Gasteiger partial charge on any atom is 0.251 e. The van der Waals surface area contributed by atoms with Gasteiger partial charge in [-0.3, -0.25) is 14.7 Å². The molecular weight excluding hydrogens is 336 g/mol. The highest BCUT2D eigenvalue weighted by molar-refractivity contribution is 9.10. The van der Waals surface area contributed by atoms with Crippen LogP contribution in [0.5, 0.6) is 0 Å². The Morgan fingerprint density at radius 1 is 1.33 bits per heavy atom. The first-order valence-corrected chi connectivity index (χ1v) is 7.12. The number of aryl methyl sites for hydroxylation is 2. The number of hydrogen-bond acceptors (Lipinski definition) is 3. The van der Waals surface area contributed by atoms with Crippen LogP contribution in [0.2, 0.25) is 0 Å². The zero-order valence-electron chi connectivity index (χ0n) is 11.7. The van der Waals surface area contributed by atoms with Gasteiger partial charge in [0, 0.05) is 10.0 Å². The Morgan fingerprint density at radius 2 is 2.10 bits per heavy atom. The first-order valence-electron chi connectivity index (χ1n) is 6.32. The van der Waals surface area contributed by atoms with E-state index in [0.717, 1.165) is 10.2 Å². The third-order valence-electron chi connectivity index (χ3n) is 2.89. The fraction of sp³-hybridized carbons (Fsp3) is 0.214. The van der Waals surface area contributed by atoms with E-state index in [4.69, 9.17) is 0 Å². The van der Waals surface area contributed by atoms with Crippen LogP contribution in [0.15, 0.2) is 28.7 Å². The number of aromatic nitrogens is 2. The van der Waals surface area contributed by atoms with E-state index in [9.17, 15) is 9.59 Å². The predicted octanol–water partition coefficient (Wildman–Crippen LogP) is 2.16. The molecule has 0 radical (unpaired) electrons. The van der Waals surface area contributed by atoms with Gasteiger partial charge >= 0.3 is 0 Å². The maximum atomic E-state index is 11.9. The second-order valence-corrected chi connectivity index (χ2v) is 5.47. The normalized spacial score (nSPS) is 10.2. The number of nitrogens with one attached hydrogen (secondary N) is 3. The van der Waals surface area contributed by atoms with Crippen LogP contribution in [-0.2, 0) is 4.79 Å². The van der Waals surface area contributed by atoms with Crippen LogP contribution in [0.4, 0.5) is 5.69 Å². The van der Waals surface area contributed by atoms with Crippen LogP contribution in [0, 0.1) is 13.8 Å². The van der Waals surface area contributed by atoms with Crippen LogP contribution < -0.4 is 10.6 Å². The molecule has 0 saturated carbocycles. The lowest BCUT2D eigenvalue weighted by Gasteiger charge is -2.07. The molecule has 2 amide bonds. The minimum atomic E-state index is -0.300. The van der Waals surface area contributed by atoms with Crippen molar-refractivity contribution >= 4 is 33.4 Å². The smallest absolute Gasteiger partial charge is 0.251 e. The molecule has 0 spiro atoms. The molecule has 1 heterocycles. The summed E-state index contributed by atoms with van der Waals surface area (Å²) in [5.74, 6) is -0.599. The number of benzene rings is 1. The Hall–Kier alpha value is -2.15. The minimum Gasteiger partial charge on any atom is -0.343 e. The van der Waals surface area contributed by atoms with Gasteiger partial charge in [0.15, 0.2) is 0 Å². The van der Waals surface area contributed by atoms with Crippen LogP contribution in [0.25, 0.3) is 0 Å². The first kappa shape index (κ1) is 15.2. The van der Waals surface area contributed by atoms with E-state index in [1.54, 1.807) is 25.1 Å². The molecule has 0 bridgehead atoms. The van der Waals surface area contributed by atoms with Gasteiger partial charge < -0.3 is 10.6 Å². The van der Waals surface area contributed by atoms with E-state index in [-0.39, 0.29) is 18.4 Å². The molecule has 0 unspecified atom stereocenters. The second-order valence-electron chi connectivity index (χ2n) is 4.55. The molecule has 0 saturated heterocycles. The number of nitrogens with zero attached hydrogens (tertiary/aromatic N) is 1. The van der Waals surface area contributed by atoms with Crippen molar-refractivity contribution in [2.75, 3.05) is 11.9 Å². The predicted molar refractivity (Wildman–Crippen MR) is 83.2 cm³/mol. The SMILES string of the molecule is Cc1n[nH]c(C)c1NC(=O)CNC(=O)c1cccc(Br)c1. The van der Waals surface area contributed by atoms with Crippen molar-refractivity contribution in [1.82, 2.24) is 15.5 Å². The fourth-order valence-corrected chi connectivity index (χ4v) is 2.21. The number of rotatable bonds is 4. The Kier molecular flexibility index (Phi) is 4.74. The summed E-state index contributed by atoms with van der Waals surface area (Å²) in [6.45, 7) is 3.50. The van der Waals surface area contributed by atoms with Crippen molar-refractivity contribution in [3.05, 3.63) is 45.7 Å². The molecule has 0 atom stereocenters. The topological polar surface area (TPSA) is 86.9 Å². The second kappa shape index (κ2) is 6.53. The highest BCUT2D eigenvalue weighted by Gasteiger charge is 2.12. The standard InChI is InChI=1S/C14H15BrN4O2/c1-8-13(9(2)19-18-8)17-12(20)7-16-14(21)10-4-3-5-11(15)6-10/h3-6H,7H2,1-2H3,(H,16,21)(H,17,20)(H,18,19). The number of carbonyl (C=O) groups is 2. The van der Waals surface area contributed by atoms with Crippen molar-refractivity contribution < 1.29 is 9.59 Å². The first-order chi connectivity index (χ1) is 9.97. The lowest BCUT2D eigenvalue weighted by Crippen LogP contribution is -2.33. The third kappa shape index (κ3) is 3.91. The van der Waals surface area contributed by atoms with Crippen molar-refractivity contribution in [2.45, 2.75) is 13.8 Å². The molecule has 2 rings (SSSR count). The molecule has 21 heavy (non-hydrogen) atoms. The molecule has 0 fully saturated rings. The van der Waals surface area contributed by atoms with Crippen molar-refractivity contribution in [3.63, 3.8) is 0 Å². The van der Waals surface area contributed by atoms with Crippen molar-refractivity contribution in [3.8, 4) is 0 Å². The summed E-state index contributed by atoms with van der Waals surface area (Å²) >= 11 is 3.30. The van der Waals surface area contributed by atoms with Crippen LogP contribution >= 0.6 is 15.9 Å². The minimum absolute atomic E-state index is 0.102. The van der Waals surface area contributed by atoms with Crippen molar-refractivity contribution in [1.29, 1.82) is 0 Å². The number of carbonyl (C=O) groups excluding carboxylic acids is 2. The average molecular weight is 351 g/mol. The lowest BCUT2D eigenvalue weighted by molar-refractivity contribution is -0.115. The number of hydrogen-bond donors (Lipinski definition) is 3. The molecule has 1 aromatic heterocycles. The van der Waals surface area contributed by atoms with Gasteiger partial charge in [0.2, 0.25) is 5.91 Å². The Bertz CT molecular complexity index is 662. The summed E-state index contributed by atoms with van der Waals surface area (Å²) in [5, 5.41) is 12.1. The molecule has 110 valence electrons. The molecule has 0 aliphatic rings. The molecule has 2 aromatic rings. The molecule has 3 N–H and O–H groups in total. The van der Waals surface area contributed by atoms with Gasteiger partial charge in [-0.05, 0) is 32.0 Å². The number of aromatic amines is 1. The lowest BCUT2D eigenvalue weighted by atomic mass is 10.2. The monoisotopic (exact) mass is 350 g/mol. The van der Waals surface area contributed by atoms with Gasteiger partial charge in [0.25, 0.3) is 5.91 Å². The largest absolute Gasteiger partial charge is 0.343 e. The Labute approximate surface area is 130 Å². The quantitative estimate of drug-likeness (QED) is 0.789. The van der Waals surface area contributed by atoms with E-state index in [1.165, 1.54) is 0 Å². The summed E-state index contributed by atoms with van der Waals surface area (Å²) < 4.78 is 0.809. The number of anilines is 1. The van der Waals surface area contributed by atoms with Crippen LogP contribution in [-0.4, -0.2) is 28.6 Å². The number of amides is 2. The third-order valence-corrected chi connectivity index (χ3v) is 3.38. The van der Waals surface area contributed by atoms with E-state index >= 15 is 0 Å². The van der Waals surface area contributed by atoms with Gasteiger partial charge in [-0.25, -0.2) is 0 Å². The van der Waals surface area contributed by atoms with Gasteiger partial charge in [-0.1, -0.05) is 22.0 Å². The molecule has 1 aromatic carbocycles. The van der Waals surface area contributed by atoms with Gasteiger partial charge in [-0.2, -0.15) is 5.10 Å². The summed E-state index contributed by atoms with van der Waals surface area (Å²) in [5.41, 5.74) is 2.63. The van der Waals surface area contributed by atoms with Gasteiger partial charge in [-0.15, -0.1) is 0 Å². The zero-order valence-corrected chi connectivity index (χ0v) is 13.2. The highest BCUT2D eigenvalue weighted by Crippen LogP contribution is 2.15. The summed E-state index contributed by atoms with van der Waals surface area (Å²) in [4.78, 5) is 23.7. The molecule has 6 nitrogen and oxygen atoms in total. The van der Waals surface area contributed by atoms with E-state index in [2.05, 4.69) is 36.8 Å². The fourth-order valence-electron chi connectivity index (χ4n) is 1.81. The molecule has 0 aliphatic heterocycles.